The second kappa shape index (κ2) is 6.56. The summed E-state index contributed by atoms with van der Waals surface area (Å²) in [5, 5.41) is 0. The van der Waals surface area contributed by atoms with Crippen molar-refractivity contribution < 1.29 is 9.18 Å². The van der Waals surface area contributed by atoms with E-state index in [1.807, 2.05) is 18.2 Å². The first-order valence-electron chi connectivity index (χ1n) is 6.31. The van der Waals surface area contributed by atoms with Crippen LogP contribution in [0, 0.1) is 5.82 Å². The molecule has 0 bridgehead atoms. The molecule has 0 saturated carbocycles. The summed E-state index contributed by atoms with van der Waals surface area (Å²) in [6.45, 7) is 0. The predicted octanol–water partition coefficient (Wildman–Crippen LogP) is 5.80. The molecule has 2 aromatic heterocycles. The van der Waals surface area contributed by atoms with Gasteiger partial charge < -0.3 is 5.73 Å². The Morgan fingerprint density at radius 3 is 2.48 bits per heavy atom. The van der Waals surface area contributed by atoms with Crippen molar-refractivity contribution in [2.24, 2.45) is 4.36 Å². The molecule has 0 atom stereocenters. The molecule has 2 heterocycles. The molecule has 0 aliphatic rings. The first kappa shape index (κ1) is 16.4. The normalized spacial score (nSPS) is 10.7. The Bertz CT molecular complexity index is 920. The Balaban J connectivity index is 2.08. The van der Waals surface area contributed by atoms with Crippen molar-refractivity contribution in [3.8, 4) is 20.2 Å². The SMILES string of the molecule is Nc1c(-c2ccc(-c3ccc(C=O)s3)s2)cc(F)c(Br)c1N=S. The van der Waals surface area contributed by atoms with E-state index in [0.29, 0.717) is 16.1 Å². The van der Waals surface area contributed by atoms with Crippen LogP contribution in [-0.4, -0.2) is 6.29 Å². The maximum Gasteiger partial charge on any atom is 0.160 e. The van der Waals surface area contributed by atoms with E-state index in [1.54, 1.807) is 6.07 Å². The van der Waals surface area contributed by atoms with Gasteiger partial charge in [-0.15, -0.1) is 22.7 Å². The van der Waals surface area contributed by atoms with Crippen LogP contribution in [0.25, 0.3) is 20.2 Å². The van der Waals surface area contributed by atoms with E-state index < -0.39 is 5.82 Å². The van der Waals surface area contributed by atoms with E-state index in [4.69, 9.17) is 5.73 Å². The number of nitrogen functional groups attached to an aromatic ring is 1. The fraction of sp³-hybridized carbons (Fsp3) is 0. The number of aldehydes is 1. The smallest absolute Gasteiger partial charge is 0.160 e. The van der Waals surface area contributed by atoms with Gasteiger partial charge in [0.25, 0.3) is 0 Å². The molecule has 0 aliphatic carbocycles. The molecule has 2 N–H and O–H groups in total. The maximum atomic E-state index is 14.0. The second-order valence-corrected chi connectivity index (χ2v) is 7.73. The topological polar surface area (TPSA) is 55.5 Å². The van der Waals surface area contributed by atoms with Crippen LogP contribution in [0.1, 0.15) is 9.67 Å². The lowest BCUT2D eigenvalue weighted by Crippen LogP contribution is -1.93. The van der Waals surface area contributed by atoms with Gasteiger partial charge >= 0.3 is 0 Å². The van der Waals surface area contributed by atoms with Crippen LogP contribution >= 0.6 is 38.6 Å². The lowest BCUT2D eigenvalue weighted by Gasteiger charge is -2.08. The molecule has 3 rings (SSSR count). The van der Waals surface area contributed by atoms with Crippen molar-refractivity contribution in [1.29, 1.82) is 0 Å². The van der Waals surface area contributed by atoms with Crippen LogP contribution in [-0.2, 0) is 12.4 Å². The second-order valence-electron chi connectivity index (χ2n) is 4.56. The van der Waals surface area contributed by atoms with E-state index in [9.17, 15) is 9.18 Å². The predicted molar refractivity (Wildman–Crippen MR) is 100.0 cm³/mol. The Kier molecular flexibility index (Phi) is 4.67. The Hall–Kier alpha value is -1.48. The molecule has 0 amide bonds. The average molecular weight is 427 g/mol. The highest BCUT2D eigenvalue weighted by Crippen LogP contribution is 2.44. The van der Waals surface area contributed by atoms with Gasteiger partial charge in [0.2, 0.25) is 0 Å². The molecule has 23 heavy (non-hydrogen) atoms. The van der Waals surface area contributed by atoms with Gasteiger partial charge in [-0.25, -0.2) is 4.39 Å². The van der Waals surface area contributed by atoms with Crippen molar-refractivity contribution in [1.82, 2.24) is 0 Å². The molecule has 0 unspecified atom stereocenters. The van der Waals surface area contributed by atoms with Crippen LogP contribution < -0.4 is 5.73 Å². The molecule has 0 aliphatic heterocycles. The molecular weight excluding hydrogens is 419 g/mol. The number of anilines is 1. The van der Waals surface area contributed by atoms with Crippen molar-refractivity contribution >= 4 is 68.7 Å². The molecule has 116 valence electrons. The minimum Gasteiger partial charge on any atom is -0.396 e. The number of carbonyl (C=O) groups excluding carboxylic acids is 1. The first-order chi connectivity index (χ1) is 11.0. The van der Waals surface area contributed by atoms with Gasteiger partial charge in [-0.05, 0) is 46.3 Å². The zero-order chi connectivity index (χ0) is 16.6. The number of thiophene rings is 2. The molecule has 0 spiro atoms. The van der Waals surface area contributed by atoms with Gasteiger partial charge in [0.1, 0.15) is 11.5 Å². The zero-order valence-corrected chi connectivity index (χ0v) is 15.4. The van der Waals surface area contributed by atoms with E-state index in [2.05, 4.69) is 32.7 Å². The fourth-order valence-corrected chi connectivity index (χ4v) is 4.76. The minimum absolute atomic E-state index is 0.166. The standard InChI is InChI=1S/C15H8BrFN2OS3/c16-13-9(17)5-8(14(18)15(13)19-21)10-3-4-12(23-10)11-2-1-7(6-20)22-11/h1-6H,18H2. The Morgan fingerprint density at radius 1 is 1.17 bits per heavy atom. The number of nitrogens with zero attached hydrogens (tertiary/aromatic N) is 1. The van der Waals surface area contributed by atoms with Crippen LogP contribution in [0.3, 0.4) is 0 Å². The third-order valence-electron chi connectivity index (χ3n) is 3.18. The summed E-state index contributed by atoms with van der Waals surface area (Å²) in [5.41, 5.74) is 7.19. The number of halogens is 2. The van der Waals surface area contributed by atoms with Crippen LogP contribution in [0.5, 0.6) is 0 Å². The zero-order valence-electron chi connectivity index (χ0n) is 11.4. The quantitative estimate of drug-likeness (QED) is 0.423. The van der Waals surface area contributed by atoms with Gasteiger partial charge in [0.05, 0.1) is 15.0 Å². The number of hydrogen-bond donors (Lipinski definition) is 1. The van der Waals surface area contributed by atoms with Crippen LogP contribution in [0.2, 0.25) is 0 Å². The molecule has 1 aromatic carbocycles. The number of carbonyl (C=O) groups is 1. The molecule has 0 saturated heterocycles. The van der Waals surface area contributed by atoms with Crippen LogP contribution in [0.15, 0.2) is 39.2 Å². The summed E-state index contributed by atoms with van der Waals surface area (Å²) in [5.74, 6) is -0.466. The summed E-state index contributed by atoms with van der Waals surface area (Å²) >= 11 is 10.7. The van der Waals surface area contributed by atoms with Crippen molar-refractivity contribution in [3.05, 3.63) is 45.5 Å². The molecule has 8 heteroatoms. The van der Waals surface area contributed by atoms with E-state index in [1.165, 1.54) is 28.7 Å². The summed E-state index contributed by atoms with van der Waals surface area (Å²) in [6, 6.07) is 8.81. The van der Waals surface area contributed by atoms with Crippen LogP contribution in [0.4, 0.5) is 15.8 Å². The van der Waals surface area contributed by atoms with Gasteiger partial charge in [0, 0.05) is 32.6 Å². The highest BCUT2D eigenvalue weighted by Gasteiger charge is 2.17. The lowest BCUT2D eigenvalue weighted by molar-refractivity contribution is 0.112. The van der Waals surface area contributed by atoms with E-state index in [0.717, 1.165) is 20.9 Å². The summed E-state index contributed by atoms with van der Waals surface area (Å²) in [4.78, 5) is 14.2. The Morgan fingerprint density at radius 2 is 1.83 bits per heavy atom. The number of rotatable bonds is 4. The molecular formula is C15H8BrFN2OS3. The number of nitrogens with two attached hydrogens (primary N) is 1. The van der Waals surface area contributed by atoms with E-state index >= 15 is 0 Å². The van der Waals surface area contributed by atoms with Crippen molar-refractivity contribution in [2.45, 2.75) is 0 Å². The Labute approximate surface area is 153 Å². The maximum absolute atomic E-state index is 14.0. The summed E-state index contributed by atoms with van der Waals surface area (Å²) < 4.78 is 17.8. The van der Waals surface area contributed by atoms with Gasteiger partial charge in [-0.3, -0.25) is 4.79 Å². The molecule has 0 radical (unpaired) electrons. The third-order valence-corrected chi connectivity index (χ3v) is 6.44. The molecule has 0 fully saturated rings. The number of benzene rings is 1. The molecule has 3 aromatic rings. The third kappa shape index (κ3) is 2.99. The first-order valence-corrected chi connectivity index (χ1v) is 9.10. The monoisotopic (exact) mass is 426 g/mol. The minimum atomic E-state index is -0.466. The highest BCUT2D eigenvalue weighted by atomic mass is 79.9. The average Bonchev–Trinajstić information content (AvgIpc) is 3.20. The lowest BCUT2D eigenvalue weighted by atomic mass is 10.1. The summed E-state index contributed by atoms with van der Waals surface area (Å²) in [7, 11) is 0. The number of hydrogen-bond acceptors (Lipinski definition) is 6. The van der Waals surface area contributed by atoms with E-state index in [-0.39, 0.29) is 10.2 Å². The van der Waals surface area contributed by atoms with Gasteiger partial charge in [0.15, 0.2) is 6.29 Å². The highest BCUT2D eigenvalue weighted by molar-refractivity contribution is 9.10. The largest absolute Gasteiger partial charge is 0.396 e. The van der Waals surface area contributed by atoms with Gasteiger partial charge in [-0.2, -0.15) is 4.36 Å². The van der Waals surface area contributed by atoms with Crippen molar-refractivity contribution in [2.75, 3.05) is 5.73 Å². The van der Waals surface area contributed by atoms with Crippen molar-refractivity contribution in [3.63, 3.8) is 0 Å². The fourth-order valence-electron chi connectivity index (χ4n) is 2.08. The van der Waals surface area contributed by atoms with Gasteiger partial charge in [-0.1, -0.05) is 0 Å². The molecule has 3 nitrogen and oxygen atoms in total. The summed E-state index contributed by atoms with van der Waals surface area (Å²) in [6.07, 6.45) is 0.822.